The van der Waals surface area contributed by atoms with Crippen LogP contribution in [0.15, 0.2) is 114 Å². The molecule has 0 aromatic heterocycles. The molecule has 0 heterocycles. The molecule has 0 aliphatic carbocycles. The zero-order valence-corrected chi connectivity index (χ0v) is 22.7. The molecule has 3 amide bonds. The predicted molar refractivity (Wildman–Crippen MR) is 155 cm³/mol. The first kappa shape index (κ1) is 28.0. The number of carbonyl (C=O) groups excluding carboxylic acids is 4. The van der Waals surface area contributed by atoms with Crippen molar-refractivity contribution < 1.29 is 23.9 Å². The summed E-state index contributed by atoms with van der Waals surface area (Å²) in [4.78, 5) is 49.4. The molecular formula is C31H24BrN3O5. The molecule has 9 heteroatoms. The summed E-state index contributed by atoms with van der Waals surface area (Å²) in [5, 5.41) is 2.78. The Balaban J connectivity index is 1.27. The maximum absolute atomic E-state index is 12.5. The SMILES string of the molecule is O=C(/C=C/c1ccccc1OC(=O)c1ccc(Br)cc1)NNC(=O)c1ccc(NC(=O)Cc2ccccc2)cc1. The Morgan fingerprint density at radius 3 is 2.10 bits per heavy atom. The van der Waals surface area contributed by atoms with E-state index in [0.717, 1.165) is 10.0 Å². The van der Waals surface area contributed by atoms with Gasteiger partial charge in [-0.3, -0.25) is 25.2 Å². The maximum atomic E-state index is 12.5. The molecule has 0 unspecified atom stereocenters. The molecular weight excluding hydrogens is 574 g/mol. The number of esters is 1. The zero-order valence-electron chi connectivity index (χ0n) is 21.1. The van der Waals surface area contributed by atoms with Gasteiger partial charge in [-0.25, -0.2) is 4.79 Å². The molecule has 0 aliphatic rings. The molecule has 0 saturated carbocycles. The summed E-state index contributed by atoms with van der Waals surface area (Å²) in [5.41, 5.74) is 7.25. The van der Waals surface area contributed by atoms with E-state index < -0.39 is 17.8 Å². The van der Waals surface area contributed by atoms with E-state index in [9.17, 15) is 19.2 Å². The zero-order chi connectivity index (χ0) is 28.3. The lowest BCUT2D eigenvalue weighted by molar-refractivity contribution is -0.117. The van der Waals surface area contributed by atoms with Crippen LogP contribution in [0.3, 0.4) is 0 Å². The number of hydrogen-bond donors (Lipinski definition) is 3. The minimum absolute atomic E-state index is 0.174. The second-order valence-corrected chi connectivity index (χ2v) is 9.41. The van der Waals surface area contributed by atoms with Crippen molar-refractivity contribution in [1.29, 1.82) is 0 Å². The molecule has 40 heavy (non-hydrogen) atoms. The van der Waals surface area contributed by atoms with Gasteiger partial charge in [-0.1, -0.05) is 64.5 Å². The molecule has 0 aliphatic heterocycles. The highest BCUT2D eigenvalue weighted by Crippen LogP contribution is 2.21. The van der Waals surface area contributed by atoms with E-state index >= 15 is 0 Å². The van der Waals surface area contributed by atoms with Crippen LogP contribution in [0.25, 0.3) is 6.08 Å². The van der Waals surface area contributed by atoms with Gasteiger partial charge in [0, 0.05) is 27.4 Å². The summed E-state index contributed by atoms with van der Waals surface area (Å²) < 4.78 is 6.33. The Morgan fingerprint density at radius 1 is 0.725 bits per heavy atom. The lowest BCUT2D eigenvalue weighted by atomic mass is 10.1. The molecule has 4 aromatic rings. The average Bonchev–Trinajstić information content (AvgIpc) is 2.96. The van der Waals surface area contributed by atoms with Crippen molar-refractivity contribution in [3.63, 3.8) is 0 Å². The Bertz CT molecular complexity index is 1540. The summed E-state index contributed by atoms with van der Waals surface area (Å²) in [6.45, 7) is 0. The minimum atomic E-state index is -0.591. The largest absolute Gasteiger partial charge is 0.422 e. The third kappa shape index (κ3) is 8.24. The third-order valence-electron chi connectivity index (χ3n) is 5.55. The summed E-state index contributed by atoms with van der Waals surface area (Å²) in [6.07, 6.45) is 2.91. The highest BCUT2D eigenvalue weighted by Gasteiger charge is 2.11. The van der Waals surface area contributed by atoms with E-state index in [0.29, 0.717) is 16.8 Å². The topological polar surface area (TPSA) is 114 Å². The first-order chi connectivity index (χ1) is 19.4. The van der Waals surface area contributed by atoms with Crippen LogP contribution in [0.5, 0.6) is 5.75 Å². The number of nitrogens with one attached hydrogen (secondary N) is 3. The highest BCUT2D eigenvalue weighted by molar-refractivity contribution is 9.10. The standard InChI is InChI=1S/C31H24BrN3O5/c32-25-15-10-24(11-16-25)31(39)40-27-9-5-4-8-22(27)14-19-28(36)34-35-30(38)23-12-17-26(18-13-23)33-29(37)20-21-6-2-1-3-7-21/h1-19H,20H2,(H,33,37)(H,34,36)(H,35,38)/b19-14+. The highest BCUT2D eigenvalue weighted by atomic mass is 79.9. The molecule has 4 aromatic carbocycles. The van der Waals surface area contributed by atoms with E-state index in [2.05, 4.69) is 32.1 Å². The van der Waals surface area contributed by atoms with E-state index in [1.54, 1.807) is 60.7 Å². The molecule has 0 radical (unpaired) electrons. The van der Waals surface area contributed by atoms with Gasteiger partial charge < -0.3 is 10.1 Å². The number of anilines is 1. The Morgan fingerprint density at radius 2 is 1.38 bits per heavy atom. The van der Waals surface area contributed by atoms with Gasteiger partial charge in [-0.15, -0.1) is 0 Å². The molecule has 4 rings (SSSR count). The number of hydrogen-bond acceptors (Lipinski definition) is 5. The van der Waals surface area contributed by atoms with Crippen molar-refractivity contribution in [2.45, 2.75) is 6.42 Å². The lowest BCUT2D eigenvalue weighted by Crippen LogP contribution is -2.40. The quantitative estimate of drug-likeness (QED) is 0.110. The van der Waals surface area contributed by atoms with E-state index in [1.165, 1.54) is 24.3 Å². The smallest absolute Gasteiger partial charge is 0.343 e. The fraction of sp³-hybridized carbons (Fsp3) is 0.0323. The summed E-state index contributed by atoms with van der Waals surface area (Å²) in [7, 11) is 0. The fourth-order valence-corrected chi connectivity index (χ4v) is 3.81. The first-order valence-corrected chi connectivity index (χ1v) is 13.0. The summed E-state index contributed by atoms with van der Waals surface area (Å²) in [5.74, 6) is -1.56. The van der Waals surface area contributed by atoms with Gasteiger partial charge in [0.2, 0.25) is 5.91 Å². The fourth-order valence-electron chi connectivity index (χ4n) is 3.54. The normalized spacial score (nSPS) is 10.5. The molecule has 0 spiro atoms. The number of para-hydroxylation sites is 1. The average molecular weight is 598 g/mol. The first-order valence-electron chi connectivity index (χ1n) is 12.2. The molecule has 0 bridgehead atoms. The molecule has 0 saturated heterocycles. The van der Waals surface area contributed by atoms with Crippen LogP contribution in [0.4, 0.5) is 5.69 Å². The molecule has 0 fully saturated rings. The maximum Gasteiger partial charge on any atom is 0.343 e. The van der Waals surface area contributed by atoms with Crippen molar-refractivity contribution in [2.75, 3.05) is 5.32 Å². The van der Waals surface area contributed by atoms with Crippen LogP contribution in [-0.4, -0.2) is 23.7 Å². The predicted octanol–water partition coefficient (Wildman–Crippen LogP) is 5.32. The van der Waals surface area contributed by atoms with E-state index in [4.69, 9.17) is 4.74 Å². The molecule has 0 atom stereocenters. The molecule has 8 nitrogen and oxygen atoms in total. The van der Waals surface area contributed by atoms with Crippen LogP contribution in [-0.2, 0) is 16.0 Å². The van der Waals surface area contributed by atoms with Gasteiger partial charge in [0.05, 0.1) is 12.0 Å². The van der Waals surface area contributed by atoms with Gasteiger partial charge >= 0.3 is 5.97 Å². The lowest BCUT2D eigenvalue weighted by Gasteiger charge is -2.09. The Hall–Kier alpha value is -5.02. The van der Waals surface area contributed by atoms with Crippen LogP contribution in [0, 0.1) is 0 Å². The molecule has 3 N–H and O–H groups in total. The van der Waals surface area contributed by atoms with Gasteiger partial charge in [0.25, 0.3) is 11.8 Å². The van der Waals surface area contributed by atoms with Gasteiger partial charge in [0.1, 0.15) is 5.75 Å². The second-order valence-electron chi connectivity index (χ2n) is 8.50. The Labute approximate surface area is 239 Å². The van der Waals surface area contributed by atoms with Crippen molar-refractivity contribution in [3.05, 3.63) is 136 Å². The third-order valence-corrected chi connectivity index (χ3v) is 6.08. The van der Waals surface area contributed by atoms with Crippen LogP contribution in [0.1, 0.15) is 31.8 Å². The van der Waals surface area contributed by atoms with E-state index in [1.807, 2.05) is 30.3 Å². The summed E-state index contributed by atoms with van der Waals surface area (Å²) >= 11 is 3.32. The number of rotatable bonds is 8. The Kier molecular flexibility index (Phi) is 9.58. The monoisotopic (exact) mass is 597 g/mol. The number of carbonyl (C=O) groups is 4. The molecule has 200 valence electrons. The van der Waals surface area contributed by atoms with Crippen molar-refractivity contribution in [1.82, 2.24) is 10.9 Å². The van der Waals surface area contributed by atoms with Gasteiger partial charge in [-0.05, 0) is 66.2 Å². The number of amides is 3. The number of hydrazine groups is 1. The number of halogens is 1. The van der Waals surface area contributed by atoms with Crippen LogP contribution in [0.2, 0.25) is 0 Å². The number of benzene rings is 4. The van der Waals surface area contributed by atoms with E-state index in [-0.39, 0.29) is 23.6 Å². The van der Waals surface area contributed by atoms with Crippen molar-refractivity contribution in [3.8, 4) is 5.75 Å². The van der Waals surface area contributed by atoms with Crippen molar-refractivity contribution >= 4 is 51.4 Å². The van der Waals surface area contributed by atoms with Gasteiger partial charge in [-0.2, -0.15) is 0 Å². The van der Waals surface area contributed by atoms with Crippen LogP contribution < -0.4 is 20.9 Å². The number of ether oxygens (including phenoxy) is 1. The van der Waals surface area contributed by atoms with Gasteiger partial charge in [0.15, 0.2) is 0 Å². The second kappa shape index (κ2) is 13.7. The minimum Gasteiger partial charge on any atom is -0.422 e. The van der Waals surface area contributed by atoms with Crippen molar-refractivity contribution in [2.24, 2.45) is 0 Å². The summed E-state index contributed by atoms with van der Waals surface area (Å²) in [6, 6.07) is 29.1. The van der Waals surface area contributed by atoms with Crippen LogP contribution >= 0.6 is 15.9 Å².